The molecule has 0 spiro atoms. The van der Waals surface area contributed by atoms with Crippen LogP contribution in [0.2, 0.25) is 5.02 Å². The van der Waals surface area contributed by atoms with Crippen LogP contribution in [0.5, 0.6) is 5.88 Å². The normalized spacial score (nSPS) is 10.8. The molecule has 0 atom stereocenters. The number of halogens is 1. The Kier molecular flexibility index (Phi) is 5.65. The van der Waals surface area contributed by atoms with Gasteiger partial charge in [-0.2, -0.15) is 0 Å². The Balaban J connectivity index is 1.75. The van der Waals surface area contributed by atoms with Gasteiger partial charge in [0.25, 0.3) is 5.56 Å². The molecule has 28 heavy (non-hydrogen) atoms. The van der Waals surface area contributed by atoms with Crippen molar-refractivity contribution in [3.63, 3.8) is 0 Å². The molecule has 0 unspecified atom stereocenters. The summed E-state index contributed by atoms with van der Waals surface area (Å²) in [6.07, 6.45) is 4.04. The number of amides is 1. The predicted molar refractivity (Wildman–Crippen MR) is 105 cm³/mol. The molecular formula is C18H18ClN5O4. The van der Waals surface area contributed by atoms with Gasteiger partial charge in [0.2, 0.25) is 5.88 Å². The maximum Gasteiger partial charge on any atom is 0.407 e. The Labute approximate surface area is 165 Å². The first-order chi connectivity index (χ1) is 13.4. The minimum Gasteiger partial charge on any atom is -0.476 e. The van der Waals surface area contributed by atoms with Crippen LogP contribution in [0.25, 0.3) is 16.8 Å². The van der Waals surface area contributed by atoms with Crippen LogP contribution in [0.4, 0.5) is 10.5 Å². The predicted octanol–water partition coefficient (Wildman–Crippen LogP) is 2.37. The molecule has 9 nitrogen and oxygen atoms in total. The van der Waals surface area contributed by atoms with E-state index in [1.165, 1.54) is 22.5 Å². The number of anilines is 1. The van der Waals surface area contributed by atoms with E-state index in [2.05, 4.69) is 9.97 Å². The molecule has 0 saturated heterocycles. The van der Waals surface area contributed by atoms with Crippen molar-refractivity contribution in [2.75, 3.05) is 25.9 Å². The van der Waals surface area contributed by atoms with Crippen molar-refractivity contribution in [1.82, 2.24) is 19.3 Å². The molecule has 0 aromatic carbocycles. The van der Waals surface area contributed by atoms with Crippen molar-refractivity contribution in [1.29, 1.82) is 0 Å². The van der Waals surface area contributed by atoms with Gasteiger partial charge in [-0.3, -0.25) is 9.20 Å². The highest BCUT2D eigenvalue weighted by molar-refractivity contribution is 6.30. The molecule has 0 aliphatic heterocycles. The van der Waals surface area contributed by atoms with Crippen LogP contribution in [0.1, 0.15) is 6.42 Å². The van der Waals surface area contributed by atoms with Crippen molar-refractivity contribution >= 4 is 29.0 Å². The number of nitrogens with zero attached hydrogens (tertiary/aromatic N) is 4. The molecule has 0 saturated carbocycles. The first kappa shape index (κ1) is 19.4. The molecule has 3 heterocycles. The monoisotopic (exact) mass is 403 g/mol. The molecular weight excluding hydrogens is 386 g/mol. The lowest BCUT2D eigenvalue weighted by Gasteiger charge is -2.13. The number of hydrogen-bond donors (Lipinski definition) is 2. The molecule has 3 aromatic rings. The zero-order valence-electron chi connectivity index (χ0n) is 15.0. The molecule has 10 heteroatoms. The number of aromatic nitrogens is 3. The van der Waals surface area contributed by atoms with Crippen LogP contribution < -0.4 is 16.0 Å². The Morgan fingerprint density at radius 2 is 2.11 bits per heavy atom. The third kappa shape index (κ3) is 4.15. The Bertz CT molecular complexity index is 1090. The molecule has 0 fully saturated rings. The molecule has 146 valence electrons. The smallest absolute Gasteiger partial charge is 0.407 e. The van der Waals surface area contributed by atoms with Gasteiger partial charge >= 0.3 is 6.09 Å². The molecule has 3 N–H and O–H groups in total. The molecule has 0 aliphatic carbocycles. The van der Waals surface area contributed by atoms with Gasteiger partial charge < -0.3 is 20.5 Å². The standard InChI is InChI=1S/C18H18ClN5O4/c1-23(18(26)27)5-2-6-28-16-14(20)7-12(8-22-16)11-3-4-15-21-9-13(19)17(25)24(15)10-11/h3-4,7-10H,2,5-6,20H2,1H3,(H,26,27). The second-order valence-electron chi connectivity index (χ2n) is 6.08. The minimum absolute atomic E-state index is 0.0320. The zero-order valence-corrected chi connectivity index (χ0v) is 15.8. The highest BCUT2D eigenvalue weighted by atomic mass is 35.5. The summed E-state index contributed by atoms with van der Waals surface area (Å²) in [5, 5.41) is 8.83. The molecule has 3 aromatic heterocycles. The van der Waals surface area contributed by atoms with E-state index in [0.717, 1.165) is 0 Å². The fraction of sp³-hybridized carbons (Fsp3) is 0.222. The van der Waals surface area contributed by atoms with Crippen molar-refractivity contribution < 1.29 is 14.6 Å². The summed E-state index contributed by atoms with van der Waals surface area (Å²) >= 11 is 5.85. The van der Waals surface area contributed by atoms with Crippen molar-refractivity contribution in [3.8, 4) is 17.0 Å². The molecule has 1 amide bonds. The van der Waals surface area contributed by atoms with E-state index in [1.54, 1.807) is 30.6 Å². The van der Waals surface area contributed by atoms with Crippen LogP contribution in [-0.4, -0.2) is 50.7 Å². The first-order valence-electron chi connectivity index (χ1n) is 8.36. The van der Waals surface area contributed by atoms with Gasteiger partial charge in [-0.1, -0.05) is 11.6 Å². The van der Waals surface area contributed by atoms with E-state index in [9.17, 15) is 9.59 Å². The number of carbonyl (C=O) groups is 1. The number of fused-ring (bicyclic) bond motifs is 1. The van der Waals surface area contributed by atoms with Crippen molar-refractivity contribution in [3.05, 3.63) is 52.2 Å². The quantitative estimate of drug-likeness (QED) is 0.605. The molecule has 0 bridgehead atoms. The van der Waals surface area contributed by atoms with Gasteiger partial charge in [-0.05, 0) is 24.6 Å². The summed E-state index contributed by atoms with van der Waals surface area (Å²) < 4.78 is 6.88. The van der Waals surface area contributed by atoms with Crippen LogP contribution in [0.3, 0.4) is 0 Å². The summed E-state index contributed by atoms with van der Waals surface area (Å²) in [5.41, 5.74) is 7.89. The van der Waals surface area contributed by atoms with Crippen LogP contribution in [-0.2, 0) is 0 Å². The number of pyridine rings is 2. The van der Waals surface area contributed by atoms with Crippen LogP contribution >= 0.6 is 11.6 Å². The largest absolute Gasteiger partial charge is 0.476 e. The van der Waals surface area contributed by atoms with Crippen molar-refractivity contribution in [2.45, 2.75) is 6.42 Å². The lowest BCUT2D eigenvalue weighted by Crippen LogP contribution is -2.26. The molecule has 3 rings (SSSR count). The topological polar surface area (TPSA) is 123 Å². The average molecular weight is 404 g/mol. The number of nitrogen functional groups attached to an aromatic ring is 1. The fourth-order valence-electron chi connectivity index (χ4n) is 2.54. The van der Waals surface area contributed by atoms with E-state index in [-0.39, 0.29) is 23.1 Å². The van der Waals surface area contributed by atoms with Gasteiger partial charge in [-0.15, -0.1) is 0 Å². The maximum absolute atomic E-state index is 12.2. The summed E-state index contributed by atoms with van der Waals surface area (Å²) in [5.74, 6) is 0.268. The summed E-state index contributed by atoms with van der Waals surface area (Å²) in [4.78, 5) is 32.4. The number of hydrogen-bond acceptors (Lipinski definition) is 6. The highest BCUT2D eigenvalue weighted by Crippen LogP contribution is 2.26. The molecule has 0 radical (unpaired) electrons. The van der Waals surface area contributed by atoms with Crippen molar-refractivity contribution in [2.24, 2.45) is 0 Å². The minimum atomic E-state index is -0.993. The van der Waals surface area contributed by atoms with E-state index in [4.69, 9.17) is 27.2 Å². The Morgan fingerprint density at radius 3 is 2.82 bits per heavy atom. The lowest BCUT2D eigenvalue weighted by atomic mass is 10.1. The maximum atomic E-state index is 12.2. The summed E-state index contributed by atoms with van der Waals surface area (Å²) in [6, 6.07) is 5.19. The van der Waals surface area contributed by atoms with E-state index in [1.807, 2.05) is 0 Å². The third-order valence-corrected chi connectivity index (χ3v) is 4.33. The Morgan fingerprint density at radius 1 is 1.32 bits per heavy atom. The third-order valence-electron chi connectivity index (χ3n) is 4.08. The summed E-state index contributed by atoms with van der Waals surface area (Å²) in [6.45, 7) is 0.624. The molecule has 0 aliphatic rings. The number of carboxylic acid groups (broad SMARTS) is 1. The average Bonchev–Trinajstić information content (AvgIpc) is 2.68. The first-order valence-corrected chi connectivity index (χ1v) is 8.74. The zero-order chi connectivity index (χ0) is 20.3. The summed E-state index contributed by atoms with van der Waals surface area (Å²) in [7, 11) is 1.49. The van der Waals surface area contributed by atoms with E-state index >= 15 is 0 Å². The SMILES string of the molecule is CN(CCCOc1ncc(-c2ccc3ncc(Cl)c(=O)n3c2)cc1N)C(=O)O. The van der Waals surface area contributed by atoms with Crippen LogP contribution in [0.15, 0.2) is 41.6 Å². The van der Waals surface area contributed by atoms with Gasteiger partial charge in [0.1, 0.15) is 10.7 Å². The second kappa shape index (κ2) is 8.13. The fourth-order valence-corrected chi connectivity index (χ4v) is 2.68. The lowest BCUT2D eigenvalue weighted by molar-refractivity contribution is 0.152. The Hall–Kier alpha value is -3.33. The van der Waals surface area contributed by atoms with Gasteiger partial charge in [0, 0.05) is 37.1 Å². The second-order valence-corrected chi connectivity index (χ2v) is 6.49. The number of nitrogens with two attached hydrogens (primary N) is 1. The number of rotatable bonds is 6. The van der Waals surface area contributed by atoms with Crippen LogP contribution in [0, 0.1) is 0 Å². The highest BCUT2D eigenvalue weighted by Gasteiger charge is 2.09. The number of ether oxygens (including phenoxy) is 1. The van der Waals surface area contributed by atoms with Gasteiger partial charge in [-0.25, -0.2) is 14.8 Å². The van der Waals surface area contributed by atoms with E-state index < -0.39 is 6.09 Å². The van der Waals surface area contributed by atoms with Gasteiger partial charge in [0.05, 0.1) is 18.5 Å². The van der Waals surface area contributed by atoms with E-state index in [0.29, 0.717) is 35.4 Å². The van der Waals surface area contributed by atoms with Gasteiger partial charge in [0.15, 0.2) is 0 Å².